The summed E-state index contributed by atoms with van der Waals surface area (Å²) in [5.41, 5.74) is 7.63. The first-order valence-corrected chi connectivity index (χ1v) is 10.5. The van der Waals surface area contributed by atoms with Crippen molar-refractivity contribution in [2.24, 2.45) is 5.73 Å². The highest BCUT2D eigenvalue weighted by molar-refractivity contribution is 7.85. The van der Waals surface area contributed by atoms with Crippen LogP contribution in [0.3, 0.4) is 0 Å². The molecule has 1 unspecified atom stereocenters. The number of amides is 1. The maximum atomic E-state index is 12.3. The third-order valence-corrected chi connectivity index (χ3v) is 3.65. The first-order valence-electron chi connectivity index (χ1n) is 8.65. The van der Waals surface area contributed by atoms with Crippen molar-refractivity contribution in [1.29, 1.82) is 0 Å². The summed E-state index contributed by atoms with van der Waals surface area (Å²) in [7, 11) is -3.67. The highest BCUT2D eigenvalue weighted by Gasteiger charge is 2.31. The van der Waals surface area contributed by atoms with Gasteiger partial charge in [-0.25, -0.2) is 0 Å². The molecule has 0 saturated heterocycles. The van der Waals surface area contributed by atoms with Gasteiger partial charge in [0.15, 0.2) is 0 Å². The molecule has 0 aliphatic carbocycles. The molecule has 11 heteroatoms. The van der Waals surface area contributed by atoms with E-state index in [1.165, 1.54) is 18.2 Å². The second-order valence-corrected chi connectivity index (χ2v) is 7.80. The molecule has 0 saturated carbocycles. The average molecular weight is 448 g/mol. The van der Waals surface area contributed by atoms with Crippen LogP contribution in [0.15, 0.2) is 48.5 Å². The summed E-state index contributed by atoms with van der Waals surface area (Å²) in [4.78, 5) is 10.9. The minimum Gasteiger partial charge on any atom is -0.406 e. The summed E-state index contributed by atoms with van der Waals surface area (Å²) in [6.07, 6.45) is -3.29. The molecule has 2 aromatic carbocycles. The molecule has 0 fully saturated rings. The van der Waals surface area contributed by atoms with Crippen molar-refractivity contribution in [1.82, 2.24) is 5.32 Å². The average Bonchev–Trinajstić information content (AvgIpc) is 2.59. The van der Waals surface area contributed by atoms with E-state index < -0.39 is 28.4 Å². The summed E-state index contributed by atoms with van der Waals surface area (Å²) in [6.45, 7) is 2.29. The van der Waals surface area contributed by atoms with E-state index in [1.54, 1.807) is 13.0 Å². The molecule has 30 heavy (non-hydrogen) atoms. The smallest absolute Gasteiger partial charge is 0.406 e. The van der Waals surface area contributed by atoms with Crippen LogP contribution in [-0.2, 0) is 21.3 Å². The summed E-state index contributed by atoms with van der Waals surface area (Å²) in [6, 6.07) is 12.9. The van der Waals surface area contributed by atoms with Crippen molar-refractivity contribution < 1.29 is 35.7 Å². The van der Waals surface area contributed by atoms with Crippen molar-refractivity contribution >= 4 is 16.0 Å². The molecule has 4 N–H and O–H groups in total. The first kappa shape index (κ1) is 25.4. The van der Waals surface area contributed by atoms with E-state index in [4.69, 9.17) is 10.3 Å². The van der Waals surface area contributed by atoms with Gasteiger partial charge in [-0.3, -0.25) is 9.35 Å². The van der Waals surface area contributed by atoms with Crippen LogP contribution in [0.1, 0.15) is 12.5 Å². The van der Waals surface area contributed by atoms with E-state index in [1.807, 2.05) is 24.3 Å². The van der Waals surface area contributed by atoms with Gasteiger partial charge in [0.25, 0.3) is 10.1 Å². The van der Waals surface area contributed by atoms with Gasteiger partial charge >= 0.3 is 6.36 Å². The van der Waals surface area contributed by atoms with Gasteiger partial charge in [0.2, 0.25) is 5.91 Å². The Morgan fingerprint density at radius 2 is 1.73 bits per heavy atom. The number of hydrogen-bond acceptors (Lipinski definition) is 5. The molecule has 0 bridgehead atoms. The maximum Gasteiger partial charge on any atom is 0.573 e. The number of rotatable bonds is 7. The first-order chi connectivity index (χ1) is 13.7. The van der Waals surface area contributed by atoms with Crippen LogP contribution in [0.4, 0.5) is 13.2 Å². The standard InChI is InChI=1S/C18H19F3N2O2.CH4O3S/c1-12(17(22)24)23-10-9-13-5-7-14(8-6-13)15-3-2-4-16(11-15)25-18(19,20)21;1-5(2,3)4/h2-8,11-12,23H,9-10H2,1H3,(H2,22,24);1H3,(H,2,3,4). The molecule has 7 nitrogen and oxygen atoms in total. The summed E-state index contributed by atoms with van der Waals surface area (Å²) >= 11 is 0. The maximum absolute atomic E-state index is 12.3. The molecule has 166 valence electrons. The van der Waals surface area contributed by atoms with E-state index >= 15 is 0 Å². The highest BCUT2D eigenvalue weighted by atomic mass is 32.2. The zero-order chi connectivity index (χ0) is 22.9. The van der Waals surface area contributed by atoms with E-state index in [-0.39, 0.29) is 5.75 Å². The number of carbonyl (C=O) groups excluding carboxylic acids is 1. The number of nitrogens with one attached hydrogen (secondary N) is 1. The van der Waals surface area contributed by atoms with Crippen molar-refractivity contribution in [3.63, 3.8) is 0 Å². The predicted octanol–water partition coefficient (Wildman–Crippen LogP) is 2.76. The molecule has 0 aliphatic heterocycles. The molecule has 0 spiro atoms. The van der Waals surface area contributed by atoms with Crippen molar-refractivity contribution in [2.75, 3.05) is 12.8 Å². The largest absolute Gasteiger partial charge is 0.573 e. The Kier molecular flexibility index (Phi) is 9.27. The summed E-state index contributed by atoms with van der Waals surface area (Å²) < 4.78 is 66.7. The van der Waals surface area contributed by atoms with Crippen LogP contribution in [0.2, 0.25) is 0 Å². The Balaban J connectivity index is 0.000000804. The molecule has 0 radical (unpaired) electrons. The second-order valence-electron chi connectivity index (χ2n) is 6.33. The Hall–Kier alpha value is -2.63. The van der Waals surface area contributed by atoms with Crippen LogP contribution < -0.4 is 15.8 Å². The lowest BCUT2D eigenvalue weighted by atomic mass is 10.0. The van der Waals surface area contributed by atoms with E-state index in [2.05, 4.69) is 10.1 Å². The lowest BCUT2D eigenvalue weighted by Crippen LogP contribution is -2.39. The van der Waals surface area contributed by atoms with Gasteiger partial charge in [-0.15, -0.1) is 13.2 Å². The van der Waals surface area contributed by atoms with Crippen LogP contribution >= 0.6 is 0 Å². The van der Waals surface area contributed by atoms with Crippen LogP contribution in [0.25, 0.3) is 11.1 Å². The fourth-order valence-corrected chi connectivity index (χ4v) is 2.27. The number of benzene rings is 2. The minimum absolute atomic E-state index is 0.251. The van der Waals surface area contributed by atoms with Gasteiger partial charge in [-0.2, -0.15) is 8.42 Å². The fraction of sp³-hybridized carbons (Fsp3) is 0.316. The molecule has 0 heterocycles. The van der Waals surface area contributed by atoms with Crippen LogP contribution in [-0.4, -0.2) is 44.1 Å². The van der Waals surface area contributed by atoms with Crippen LogP contribution in [0, 0.1) is 0 Å². The zero-order valence-electron chi connectivity index (χ0n) is 16.3. The van der Waals surface area contributed by atoms with E-state index in [0.29, 0.717) is 24.8 Å². The Morgan fingerprint density at radius 1 is 1.17 bits per heavy atom. The van der Waals surface area contributed by atoms with E-state index in [0.717, 1.165) is 11.1 Å². The Labute approximate surface area is 172 Å². The van der Waals surface area contributed by atoms with Gasteiger partial charge in [0, 0.05) is 0 Å². The van der Waals surface area contributed by atoms with Gasteiger partial charge in [0.05, 0.1) is 12.3 Å². The van der Waals surface area contributed by atoms with Crippen molar-refractivity contribution in [2.45, 2.75) is 25.7 Å². The molecular weight excluding hydrogens is 425 g/mol. The highest BCUT2D eigenvalue weighted by Crippen LogP contribution is 2.28. The number of hydrogen-bond donors (Lipinski definition) is 3. The second kappa shape index (κ2) is 11.0. The predicted molar refractivity (Wildman–Crippen MR) is 106 cm³/mol. The molecule has 2 rings (SSSR count). The number of alkyl halides is 3. The van der Waals surface area contributed by atoms with E-state index in [9.17, 15) is 26.4 Å². The summed E-state index contributed by atoms with van der Waals surface area (Å²) in [5, 5.41) is 3.01. The Bertz CT molecular complexity index is 924. The molecule has 0 aromatic heterocycles. The SMILES string of the molecule is CC(NCCc1ccc(-c2cccc(OC(F)(F)F)c2)cc1)C(N)=O.CS(=O)(=O)O. The third kappa shape index (κ3) is 11.4. The minimum atomic E-state index is -4.71. The van der Waals surface area contributed by atoms with Gasteiger partial charge in [0.1, 0.15) is 5.75 Å². The lowest BCUT2D eigenvalue weighted by molar-refractivity contribution is -0.274. The van der Waals surface area contributed by atoms with Crippen molar-refractivity contribution in [3.05, 3.63) is 54.1 Å². The fourth-order valence-electron chi connectivity index (χ4n) is 2.27. The van der Waals surface area contributed by atoms with Gasteiger partial charge < -0.3 is 15.8 Å². The Morgan fingerprint density at radius 3 is 2.23 bits per heavy atom. The molecule has 1 atom stereocenters. The lowest BCUT2D eigenvalue weighted by Gasteiger charge is -2.11. The topological polar surface area (TPSA) is 119 Å². The molecule has 2 aromatic rings. The number of ether oxygens (including phenoxy) is 1. The van der Waals surface area contributed by atoms with Crippen LogP contribution in [0.5, 0.6) is 5.75 Å². The number of primary amides is 1. The van der Waals surface area contributed by atoms with Gasteiger partial charge in [-0.05, 0) is 48.7 Å². The molecule has 1 amide bonds. The normalized spacial score (nSPS) is 12.5. The molecule has 0 aliphatic rings. The number of nitrogens with two attached hydrogens (primary N) is 1. The quantitative estimate of drug-likeness (QED) is 0.561. The molecular formula is C19H23F3N2O5S. The monoisotopic (exact) mass is 448 g/mol. The third-order valence-electron chi connectivity index (χ3n) is 3.65. The number of carbonyl (C=O) groups is 1. The number of halogens is 3. The summed E-state index contributed by atoms with van der Waals surface area (Å²) in [5.74, 6) is -0.657. The zero-order valence-corrected chi connectivity index (χ0v) is 17.1. The van der Waals surface area contributed by atoms with Gasteiger partial charge in [-0.1, -0.05) is 36.4 Å². The van der Waals surface area contributed by atoms with Crippen molar-refractivity contribution in [3.8, 4) is 16.9 Å².